The van der Waals surface area contributed by atoms with Crippen LogP contribution in [0.1, 0.15) is 49.0 Å². The van der Waals surface area contributed by atoms with E-state index in [1.807, 2.05) is 30.3 Å². The lowest BCUT2D eigenvalue weighted by atomic mass is 9.53. The molecule has 130 valence electrons. The van der Waals surface area contributed by atoms with Crippen LogP contribution in [0.15, 0.2) is 30.3 Å². The van der Waals surface area contributed by atoms with Crippen molar-refractivity contribution in [3.05, 3.63) is 36.0 Å². The van der Waals surface area contributed by atoms with Gasteiger partial charge in [-0.1, -0.05) is 6.07 Å². The van der Waals surface area contributed by atoms with E-state index in [0.717, 1.165) is 53.7 Å². The van der Waals surface area contributed by atoms with Crippen molar-refractivity contribution < 1.29 is 9.53 Å². The average Bonchev–Trinajstić information content (AvgIpc) is 2.59. The number of fused-ring (bicyclic) bond motifs is 1. The van der Waals surface area contributed by atoms with Gasteiger partial charge in [-0.05, 0) is 80.5 Å². The summed E-state index contributed by atoms with van der Waals surface area (Å²) >= 11 is 0. The molecular formula is C21H24N2O2. The highest BCUT2D eigenvalue weighted by Gasteiger charge is 2.51. The Morgan fingerprint density at radius 2 is 1.76 bits per heavy atom. The highest BCUT2D eigenvalue weighted by Crippen LogP contribution is 2.55. The van der Waals surface area contributed by atoms with Crippen molar-refractivity contribution in [3.8, 4) is 5.75 Å². The number of ether oxygens (including phenoxy) is 1. The SMILES string of the molecule is COc1ccc2nc(C(=O)NC34CC5CC(CC(C5)C3)C4)ccc2c1. The predicted octanol–water partition coefficient (Wildman–Crippen LogP) is 3.94. The zero-order valence-corrected chi connectivity index (χ0v) is 14.6. The molecule has 25 heavy (non-hydrogen) atoms. The van der Waals surface area contributed by atoms with Gasteiger partial charge in [0.2, 0.25) is 0 Å². The van der Waals surface area contributed by atoms with Gasteiger partial charge in [0.05, 0.1) is 12.6 Å². The van der Waals surface area contributed by atoms with Crippen molar-refractivity contribution in [1.82, 2.24) is 10.3 Å². The van der Waals surface area contributed by atoms with Gasteiger partial charge in [0.15, 0.2) is 0 Å². The number of carbonyl (C=O) groups excluding carboxylic acids is 1. The Kier molecular flexibility index (Phi) is 3.31. The van der Waals surface area contributed by atoms with Crippen LogP contribution in [0.25, 0.3) is 10.9 Å². The van der Waals surface area contributed by atoms with Crippen LogP contribution in [0.4, 0.5) is 0 Å². The highest BCUT2D eigenvalue weighted by atomic mass is 16.5. The van der Waals surface area contributed by atoms with E-state index >= 15 is 0 Å². The second-order valence-corrected chi connectivity index (χ2v) is 8.41. The molecule has 4 nitrogen and oxygen atoms in total. The lowest BCUT2D eigenvalue weighted by Gasteiger charge is -2.56. The predicted molar refractivity (Wildman–Crippen MR) is 96.7 cm³/mol. The molecule has 1 aromatic heterocycles. The minimum absolute atomic E-state index is 0.0142. The third-order valence-corrected chi connectivity index (χ3v) is 6.55. The Labute approximate surface area is 148 Å². The normalized spacial score (nSPS) is 32.8. The summed E-state index contributed by atoms with van der Waals surface area (Å²) in [6, 6.07) is 9.53. The van der Waals surface area contributed by atoms with Crippen molar-refractivity contribution in [3.63, 3.8) is 0 Å². The number of pyridine rings is 1. The molecule has 0 spiro atoms. The average molecular weight is 336 g/mol. The van der Waals surface area contributed by atoms with E-state index < -0.39 is 0 Å². The molecule has 4 bridgehead atoms. The smallest absolute Gasteiger partial charge is 0.270 e. The van der Waals surface area contributed by atoms with E-state index in [1.165, 1.54) is 19.3 Å². The molecule has 6 rings (SSSR count). The minimum Gasteiger partial charge on any atom is -0.497 e. The molecule has 0 atom stereocenters. The zero-order valence-electron chi connectivity index (χ0n) is 14.6. The van der Waals surface area contributed by atoms with Crippen LogP contribution in [0.5, 0.6) is 5.75 Å². The fourth-order valence-electron chi connectivity index (χ4n) is 5.93. The quantitative estimate of drug-likeness (QED) is 0.923. The molecule has 4 fully saturated rings. The number of carbonyl (C=O) groups is 1. The lowest BCUT2D eigenvalue weighted by Crippen LogP contribution is -2.59. The Balaban J connectivity index is 1.40. The van der Waals surface area contributed by atoms with Crippen LogP contribution >= 0.6 is 0 Å². The van der Waals surface area contributed by atoms with Crippen molar-refractivity contribution in [2.24, 2.45) is 17.8 Å². The Morgan fingerprint density at radius 3 is 2.40 bits per heavy atom. The van der Waals surface area contributed by atoms with Gasteiger partial charge in [-0.25, -0.2) is 4.98 Å². The summed E-state index contributed by atoms with van der Waals surface area (Å²) in [5.41, 5.74) is 1.38. The van der Waals surface area contributed by atoms with E-state index in [1.54, 1.807) is 7.11 Å². The monoisotopic (exact) mass is 336 g/mol. The summed E-state index contributed by atoms with van der Waals surface area (Å²) in [6.07, 6.45) is 7.63. The van der Waals surface area contributed by atoms with E-state index in [4.69, 9.17) is 4.74 Å². The number of nitrogens with one attached hydrogen (secondary N) is 1. The zero-order chi connectivity index (χ0) is 17.0. The number of benzene rings is 1. The van der Waals surface area contributed by atoms with Gasteiger partial charge >= 0.3 is 0 Å². The van der Waals surface area contributed by atoms with E-state index in [0.29, 0.717) is 5.69 Å². The molecule has 1 heterocycles. The Morgan fingerprint density at radius 1 is 1.08 bits per heavy atom. The number of hydrogen-bond acceptors (Lipinski definition) is 3. The van der Waals surface area contributed by atoms with Gasteiger partial charge in [-0.15, -0.1) is 0 Å². The van der Waals surface area contributed by atoms with Crippen LogP contribution in [0.2, 0.25) is 0 Å². The molecule has 0 saturated heterocycles. The molecule has 4 saturated carbocycles. The molecule has 0 aliphatic heterocycles. The van der Waals surface area contributed by atoms with Crippen LogP contribution < -0.4 is 10.1 Å². The maximum absolute atomic E-state index is 12.9. The molecule has 1 aromatic carbocycles. The maximum Gasteiger partial charge on any atom is 0.270 e. The molecule has 4 heteroatoms. The first-order valence-electron chi connectivity index (χ1n) is 9.40. The van der Waals surface area contributed by atoms with Gasteiger partial charge in [0.25, 0.3) is 5.91 Å². The summed E-state index contributed by atoms with van der Waals surface area (Å²) in [6.45, 7) is 0. The Bertz CT molecular complexity index is 810. The molecule has 4 aliphatic rings. The van der Waals surface area contributed by atoms with E-state index in [-0.39, 0.29) is 11.4 Å². The second-order valence-electron chi connectivity index (χ2n) is 8.41. The molecule has 0 radical (unpaired) electrons. The third-order valence-electron chi connectivity index (χ3n) is 6.55. The summed E-state index contributed by atoms with van der Waals surface area (Å²) in [5, 5.41) is 4.39. The lowest BCUT2D eigenvalue weighted by molar-refractivity contribution is -0.0167. The van der Waals surface area contributed by atoms with Gasteiger partial charge in [-0.3, -0.25) is 4.79 Å². The van der Waals surface area contributed by atoms with Crippen molar-refractivity contribution in [2.75, 3.05) is 7.11 Å². The van der Waals surface area contributed by atoms with E-state index in [9.17, 15) is 4.79 Å². The molecule has 2 aromatic rings. The van der Waals surface area contributed by atoms with Crippen LogP contribution in [0.3, 0.4) is 0 Å². The number of nitrogens with zero attached hydrogens (tertiary/aromatic N) is 1. The van der Waals surface area contributed by atoms with E-state index in [2.05, 4.69) is 10.3 Å². The number of amides is 1. The summed E-state index contributed by atoms with van der Waals surface area (Å²) in [5.74, 6) is 3.26. The van der Waals surface area contributed by atoms with Gasteiger partial charge < -0.3 is 10.1 Å². The van der Waals surface area contributed by atoms with Gasteiger partial charge in [0.1, 0.15) is 11.4 Å². The minimum atomic E-state index is -0.0142. The number of hydrogen-bond donors (Lipinski definition) is 1. The second kappa shape index (κ2) is 5.45. The highest BCUT2D eigenvalue weighted by molar-refractivity contribution is 5.95. The molecular weight excluding hydrogens is 312 g/mol. The van der Waals surface area contributed by atoms with Crippen molar-refractivity contribution in [2.45, 2.75) is 44.1 Å². The maximum atomic E-state index is 12.9. The largest absolute Gasteiger partial charge is 0.497 e. The van der Waals surface area contributed by atoms with Crippen molar-refractivity contribution in [1.29, 1.82) is 0 Å². The van der Waals surface area contributed by atoms with Crippen molar-refractivity contribution >= 4 is 16.8 Å². The van der Waals surface area contributed by atoms with Crippen LogP contribution in [-0.2, 0) is 0 Å². The number of aromatic nitrogens is 1. The topological polar surface area (TPSA) is 51.2 Å². The molecule has 1 amide bonds. The van der Waals surface area contributed by atoms with Crippen LogP contribution in [-0.4, -0.2) is 23.5 Å². The molecule has 0 unspecified atom stereocenters. The fourth-order valence-corrected chi connectivity index (χ4v) is 5.93. The first-order chi connectivity index (χ1) is 12.1. The summed E-state index contributed by atoms with van der Waals surface area (Å²) < 4.78 is 5.25. The number of methoxy groups -OCH3 is 1. The molecule has 4 aliphatic carbocycles. The van der Waals surface area contributed by atoms with Crippen LogP contribution in [0, 0.1) is 17.8 Å². The third kappa shape index (κ3) is 2.59. The van der Waals surface area contributed by atoms with Gasteiger partial charge in [-0.2, -0.15) is 0 Å². The van der Waals surface area contributed by atoms with Gasteiger partial charge in [0, 0.05) is 10.9 Å². The standard InChI is InChI=1S/C21H24N2O2/c1-25-17-3-5-18-16(9-17)2-4-19(22-18)20(24)23-21-10-13-6-14(11-21)8-15(7-13)12-21/h2-5,9,13-15H,6-8,10-12H2,1H3,(H,23,24). The first kappa shape index (κ1) is 15.2. The fraction of sp³-hybridized carbons (Fsp3) is 0.524. The number of rotatable bonds is 3. The Hall–Kier alpha value is -2.10. The molecule has 1 N–H and O–H groups in total. The summed E-state index contributed by atoms with van der Waals surface area (Å²) in [4.78, 5) is 17.5. The first-order valence-corrected chi connectivity index (χ1v) is 9.40. The summed E-state index contributed by atoms with van der Waals surface area (Å²) in [7, 11) is 1.65.